The van der Waals surface area contributed by atoms with Gasteiger partial charge in [0.2, 0.25) is 5.95 Å². The molecule has 0 aliphatic heterocycles. The fourth-order valence-corrected chi connectivity index (χ4v) is 2.79. The summed E-state index contributed by atoms with van der Waals surface area (Å²) in [5, 5.41) is 6.93. The summed E-state index contributed by atoms with van der Waals surface area (Å²) in [6, 6.07) is 3.43. The standard InChI is InChI=1S/C17H23BrClN5O2/c1-24(2)7-5-6-20-16-11(18)10-21-17(23-16)22-13-9-14(25-3)12(19)8-15(13)26-4/h8-10H,5-7H2,1-4H3,(H2,20,21,22,23). The van der Waals surface area contributed by atoms with Crippen molar-refractivity contribution in [1.29, 1.82) is 0 Å². The van der Waals surface area contributed by atoms with E-state index in [1.54, 1.807) is 32.5 Å². The molecule has 0 amide bonds. The number of nitrogens with zero attached hydrogens (tertiary/aromatic N) is 3. The maximum atomic E-state index is 6.14. The first kappa shape index (κ1) is 20.5. The Morgan fingerprint density at radius 3 is 2.58 bits per heavy atom. The quantitative estimate of drug-likeness (QED) is 0.566. The molecule has 0 spiro atoms. The number of ether oxygens (including phenoxy) is 2. The first-order valence-electron chi connectivity index (χ1n) is 8.04. The van der Waals surface area contributed by atoms with Crippen LogP contribution in [0.4, 0.5) is 17.5 Å². The molecule has 0 atom stereocenters. The third-order valence-corrected chi connectivity index (χ3v) is 4.41. The molecule has 0 aliphatic rings. The Morgan fingerprint density at radius 2 is 1.92 bits per heavy atom. The third kappa shape index (κ3) is 5.62. The van der Waals surface area contributed by atoms with Crippen LogP contribution in [0.1, 0.15) is 6.42 Å². The van der Waals surface area contributed by atoms with E-state index in [1.807, 2.05) is 0 Å². The summed E-state index contributed by atoms with van der Waals surface area (Å²) >= 11 is 9.61. The zero-order valence-electron chi connectivity index (χ0n) is 15.3. The van der Waals surface area contributed by atoms with Crippen LogP contribution in [0.5, 0.6) is 11.5 Å². The van der Waals surface area contributed by atoms with Crippen LogP contribution >= 0.6 is 27.5 Å². The van der Waals surface area contributed by atoms with Crippen LogP contribution in [0, 0.1) is 0 Å². The molecule has 2 N–H and O–H groups in total. The molecule has 0 saturated carbocycles. The fraction of sp³-hybridized carbons (Fsp3) is 0.412. The van der Waals surface area contributed by atoms with E-state index >= 15 is 0 Å². The topological polar surface area (TPSA) is 71.5 Å². The highest BCUT2D eigenvalue weighted by Gasteiger charge is 2.12. The lowest BCUT2D eigenvalue weighted by atomic mass is 10.2. The summed E-state index contributed by atoms with van der Waals surface area (Å²) < 4.78 is 11.4. The molecule has 2 aromatic rings. The van der Waals surface area contributed by atoms with E-state index in [0.717, 1.165) is 29.8 Å². The largest absolute Gasteiger partial charge is 0.495 e. The van der Waals surface area contributed by atoms with Gasteiger partial charge in [-0.3, -0.25) is 0 Å². The Morgan fingerprint density at radius 1 is 1.19 bits per heavy atom. The van der Waals surface area contributed by atoms with Crippen LogP contribution in [0.15, 0.2) is 22.8 Å². The highest BCUT2D eigenvalue weighted by molar-refractivity contribution is 9.10. The summed E-state index contributed by atoms with van der Waals surface area (Å²) in [4.78, 5) is 11.0. The van der Waals surface area contributed by atoms with Crippen molar-refractivity contribution in [2.75, 3.05) is 52.0 Å². The molecule has 26 heavy (non-hydrogen) atoms. The van der Waals surface area contributed by atoms with Crippen LogP contribution in [-0.2, 0) is 0 Å². The van der Waals surface area contributed by atoms with Gasteiger partial charge >= 0.3 is 0 Å². The van der Waals surface area contributed by atoms with E-state index in [0.29, 0.717) is 28.2 Å². The smallest absolute Gasteiger partial charge is 0.229 e. The number of hydrogen-bond acceptors (Lipinski definition) is 7. The molecule has 0 fully saturated rings. The van der Waals surface area contributed by atoms with Crippen molar-refractivity contribution in [1.82, 2.24) is 14.9 Å². The molecular weight excluding hydrogens is 422 g/mol. The van der Waals surface area contributed by atoms with Crippen molar-refractivity contribution in [3.63, 3.8) is 0 Å². The summed E-state index contributed by atoms with van der Waals surface area (Å²) in [5.41, 5.74) is 0.662. The number of halogens is 2. The van der Waals surface area contributed by atoms with E-state index in [2.05, 4.69) is 55.5 Å². The highest BCUT2D eigenvalue weighted by Crippen LogP contribution is 2.37. The number of hydrogen-bond donors (Lipinski definition) is 2. The number of anilines is 3. The van der Waals surface area contributed by atoms with Gasteiger partial charge in [-0.25, -0.2) is 4.98 Å². The lowest BCUT2D eigenvalue weighted by Crippen LogP contribution is -2.17. The molecule has 7 nitrogen and oxygen atoms in total. The predicted octanol–water partition coefficient (Wildman–Crippen LogP) is 4.02. The molecule has 1 aromatic heterocycles. The number of aromatic nitrogens is 2. The number of rotatable bonds is 9. The van der Waals surface area contributed by atoms with Gasteiger partial charge < -0.3 is 25.0 Å². The SMILES string of the molecule is COc1cc(Nc2ncc(Br)c(NCCCN(C)C)n2)c(OC)cc1Cl. The lowest BCUT2D eigenvalue weighted by Gasteiger charge is -2.14. The first-order chi connectivity index (χ1) is 12.4. The van der Waals surface area contributed by atoms with Crippen LogP contribution in [-0.4, -0.2) is 56.3 Å². The second-order valence-electron chi connectivity index (χ2n) is 5.79. The monoisotopic (exact) mass is 443 g/mol. The Kier molecular flexibility index (Phi) is 7.74. The van der Waals surface area contributed by atoms with E-state index < -0.39 is 0 Å². The minimum Gasteiger partial charge on any atom is -0.495 e. The zero-order chi connectivity index (χ0) is 19.1. The van der Waals surface area contributed by atoms with E-state index in [-0.39, 0.29) is 0 Å². The molecule has 0 bridgehead atoms. The summed E-state index contributed by atoms with van der Waals surface area (Å²) in [5.74, 6) is 2.27. The average Bonchev–Trinajstić information content (AvgIpc) is 2.62. The van der Waals surface area contributed by atoms with Crippen molar-refractivity contribution < 1.29 is 9.47 Å². The van der Waals surface area contributed by atoms with E-state index in [1.165, 1.54) is 0 Å². The summed E-state index contributed by atoms with van der Waals surface area (Å²) in [6.07, 6.45) is 2.71. The number of methoxy groups -OCH3 is 2. The molecule has 0 saturated heterocycles. The van der Waals surface area contributed by atoms with Gasteiger partial charge in [-0.1, -0.05) is 11.6 Å². The molecular formula is C17H23BrClN5O2. The Bertz CT molecular complexity index is 745. The second-order valence-corrected chi connectivity index (χ2v) is 7.05. The van der Waals surface area contributed by atoms with Gasteiger partial charge in [0, 0.05) is 24.9 Å². The minimum absolute atomic E-state index is 0.436. The zero-order valence-corrected chi connectivity index (χ0v) is 17.6. The first-order valence-corrected chi connectivity index (χ1v) is 9.21. The van der Waals surface area contributed by atoms with Crippen molar-refractivity contribution in [3.05, 3.63) is 27.8 Å². The maximum Gasteiger partial charge on any atom is 0.229 e. The molecule has 0 radical (unpaired) electrons. The molecule has 142 valence electrons. The maximum absolute atomic E-state index is 6.14. The molecule has 0 aliphatic carbocycles. The second kappa shape index (κ2) is 9.80. The van der Waals surface area contributed by atoms with Crippen molar-refractivity contribution >= 4 is 45.0 Å². The van der Waals surface area contributed by atoms with Crippen molar-refractivity contribution in [2.45, 2.75) is 6.42 Å². The van der Waals surface area contributed by atoms with Gasteiger partial charge in [0.25, 0.3) is 0 Å². The van der Waals surface area contributed by atoms with Gasteiger partial charge in [-0.2, -0.15) is 4.98 Å². The van der Waals surface area contributed by atoms with Gasteiger partial charge in [0.15, 0.2) is 0 Å². The molecule has 9 heteroatoms. The van der Waals surface area contributed by atoms with Crippen LogP contribution < -0.4 is 20.1 Å². The van der Waals surface area contributed by atoms with E-state index in [9.17, 15) is 0 Å². The average molecular weight is 445 g/mol. The van der Waals surface area contributed by atoms with Crippen LogP contribution in [0.2, 0.25) is 5.02 Å². The molecule has 2 rings (SSSR count). The van der Waals surface area contributed by atoms with E-state index in [4.69, 9.17) is 21.1 Å². The van der Waals surface area contributed by atoms with Crippen LogP contribution in [0.25, 0.3) is 0 Å². The Labute approximate surface area is 167 Å². The Balaban J connectivity index is 2.16. The minimum atomic E-state index is 0.436. The van der Waals surface area contributed by atoms with Gasteiger partial charge in [0.05, 0.1) is 29.4 Å². The number of benzene rings is 1. The summed E-state index contributed by atoms with van der Waals surface area (Å²) in [7, 11) is 7.24. The van der Waals surface area contributed by atoms with Crippen LogP contribution in [0.3, 0.4) is 0 Å². The number of nitrogens with one attached hydrogen (secondary N) is 2. The lowest BCUT2D eigenvalue weighted by molar-refractivity contribution is 0.405. The predicted molar refractivity (Wildman–Crippen MR) is 109 cm³/mol. The summed E-state index contributed by atoms with van der Waals surface area (Å²) in [6.45, 7) is 1.81. The van der Waals surface area contributed by atoms with Gasteiger partial charge in [0.1, 0.15) is 17.3 Å². The fourth-order valence-electron chi connectivity index (χ4n) is 2.23. The molecule has 0 unspecified atom stereocenters. The van der Waals surface area contributed by atoms with Crippen molar-refractivity contribution in [2.24, 2.45) is 0 Å². The van der Waals surface area contributed by atoms with Crippen molar-refractivity contribution in [3.8, 4) is 11.5 Å². The molecule has 1 aromatic carbocycles. The van der Waals surface area contributed by atoms with Gasteiger partial charge in [-0.05, 0) is 43.0 Å². The third-order valence-electron chi connectivity index (χ3n) is 3.54. The normalized spacial score (nSPS) is 10.7. The Hall–Kier alpha value is -1.77. The highest BCUT2D eigenvalue weighted by atomic mass is 79.9. The molecule has 1 heterocycles. The van der Waals surface area contributed by atoms with Gasteiger partial charge in [-0.15, -0.1) is 0 Å².